The van der Waals surface area contributed by atoms with E-state index in [1.165, 1.54) is 6.07 Å². The lowest BCUT2D eigenvalue weighted by Crippen LogP contribution is -1.92. The van der Waals surface area contributed by atoms with Gasteiger partial charge in [0.1, 0.15) is 5.75 Å². The average Bonchev–Trinajstić information content (AvgIpc) is 2.27. The van der Waals surface area contributed by atoms with Gasteiger partial charge >= 0.3 is 5.82 Å². The molecule has 2 aromatic rings. The minimum Gasteiger partial charge on any atom is -0.497 e. The van der Waals surface area contributed by atoms with Gasteiger partial charge in [-0.2, -0.15) is 0 Å². The first-order valence-corrected chi connectivity index (χ1v) is 4.30. The van der Waals surface area contributed by atoms with Gasteiger partial charge in [0, 0.05) is 11.5 Å². The summed E-state index contributed by atoms with van der Waals surface area (Å²) in [6.07, 6.45) is 0. The topological polar surface area (TPSA) is 65.3 Å². The number of pyridine rings is 1. The SMILES string of the molecule is COc1ccc2nc([N+](=O)[O-])ccc2c1. The van der Waals surface area contributed by atoms with Gasteiger partial charge < -0.3 is 14.9 Å². The van der Waals surface area contributed by atoms with Crippen molar-refractivity contribution in [3.63, 3.8) is 0 Å². The molecule has 1 heterocycles. The Morgan fingerprint density at radius 2 is 2.13 bits per heavy atom. The fourth-order valence-electron chi connectivity index (χ4n) is 1.32. The zero-order valence-electron chi connectivity index (χ0n) is 8.01. The maximum atomic E-state index is 10.5. The minimum atomic E-state index is -0.510. The van der Waals surface area contributed by atoms with Gasteiger partial charge in [0.05, 0.1) is 7.11 Å². The van der Waals surface area contributed by atoms with E-state index in [9.17, 15) is 10.1 Å². The normalized spacial score (nSPS) is 10.2. The lowest BCUT2D eigenvalue weighted by Gasteiger charge is -1.99. The van der Waals surface area contributed by atoms with Crippen molar-refractivity contribution in [1.29, 1.82) is 0 Å². The number of fused-ring (bicyclic) bond motifs is 1. The van der Waals surface area contributed by atoms with Crippen LogP contribution in [0.15, 0.2) is 30.3 Å². The van der Waals surface area contributed by atoms with Gasteiger partial charge in [-0.3, -0.25) is 0 Å². The predicted molar refractivity (Wildman–Crippen MR) is 54.9 cm³/mol. The Balaban J connectivity index is 2.59. The van der Waals surface area contributed by atoms with E-state index in [-0.39, 0.29) is 5.82 Å². The van der Waals surface area contributed by atoms with Gasteiger partial charge in [-0.15, -0.1) is 0 Å². The van der Waals surface area contributed by atoms with E-state index < -0.39 is 4.92 Å². The molecule has 2 rings (SSSR count). The molecule has 76 valence electrons. The highest BCUT2D eigenvalue weighted by molar-refractivity contribution is 5.81. The second kappa shape index (κ2) is 3.53. The molecule has 15 heavy (non-hydrogen) atoms. The number of nitro groups is 1. The molecule has 0 saturated carbocycles. The van der Waals surface area contributed by atoms with Gasteiger partial charge in [-0.05, 0) is 34.2 Å². The van der Waals surface area contributed by atoms with Crippen LogP contribution in [0.3, 0.4) is 0 Å². The highest BCUT2D eigenvalue weighted by Crippen LogP contribution is 2.21. The summed E-state index contributed by atoms with van der Waals surface area (Å²) in [5.41, 5.74) is 0.588. The van der Waals surface area contributed by atoms with E-state index in [0.717, 1.165) is 5.39 Å². The maximum Gasteiger partial charge on any atom is 0.364 e. The number of nitrogens with zero attached hydrogens (tertiary/aromatic N) is 2. The summed E-state index contributed by atoms with van der Waals surface area (Å²) in [6, 6.07) is 8.23. The summed E-state index contributed by atoms with van der Waals surface area (Å²) < 4.78 is 5.04. The van der Waals surface area contributed by atoms with Crippen LogP contribution in [0.25, 0.3) is 10.9 Å². The average molecular weight is 204 g/mol. The molecule has 5 nitrogen and oxygen atoms in total. The molecule has 0 fully saturated rings. The largest absolute Gasteiger partial charge is 0.497 e. The molecular weight excluding hydrogens is 196 g/mol. The van der Waals surface area contributed by atoms with Crippen molar-refractivity contribution in [3.8, 4) is 5.75 Å². The van der Waals surface area contributed by atoms with Crippen LogP contribution in [0.5, 0.6) is 5.75 Å². The highest BCUT2D eigenvalue weighted by atomic mass is 16.6. The minimum absolute atomic E-state index is 0.146. The van der Waals surface area contributed by atoms with Crippen LogP contribution in [0.2, 0.25) is 0 Å². The number of methoxy groups -OCH3 is 1. The number of hydrogen-bond donors (Lipinski definition) is 0. The predicted octanol–water partition coefficient (Wildman–Crippen LogP) is 2.15. The zero-order chi connectivity index (χ0) is 10.8. The Kier molecular flexibility index (Phi) is 2.21. The van der Waals surface area contributed by atoms with Crippen LogP contribution in [-0.2, 0) is 0 Å². The van der Waals surface area contributed by atoms with Crippen LogP contribution >= 0.6 is 0 Å². The number of benzene rings is 1. The third-order valence-electron chi connectivity index (χ3n) is 2.07. The molecule has 0 atom stereocenters. The van der Waals surface area contributed by atoms with Crippen molar-refractivity contribution in [3.05, 3.63) is 40.4 Å². The van der Waals surface area contributed by atoms with Crippen LogP contribution < -0.4 is 4.74 Å². The van der Waals surface area contributed by atoms with Crippen LogP contribution in [0, 0.1) is 10.1 Å². The van der Waals surface area contributed by atoms with Gasteiger partial charge in [-0.1, -0.05) is 0 Å². The van der Waals surface area contributed by atoms with E-state index in [0.29, 0.717) is 11.3 Å². The number of ether oxygens (including phenoxy) is 1. The summed E-state index contributed by atoms with van der Waals surface area (Å²) in [6.45, 7) is 0. The Hall–Kier alpha value is -2.17. The molecule has 0 radical (unpaired) electrons. The summed E-state index contributed by atoms with van der Waals surface area (Å²) in [5.74, 6) is 0.561. The van der Waals surface area contributed by atoms with Gasteiger partial charge in [-0.25, -0.2) is 0 Å². The fourth-order valence-corrected chi connectivity index (χ4v) is 1.32. The third kappa shape index (κ3) is 1.71. The van der Waals surface area contributed by atoms with Crippen molar-refractivity contribution in [1.82, 2.24) is 4.98 Å². The molecule has 5 heteroatoms. The summed E-state index contributed by atoms with van der Waals surface area (Å²) in [7, 11) is 1.57. The molecule has 0 saturated heterocycles. The Labute approximate surface area is 85.5 Å². The quantitative estimate of drug-likeness (QED) is 0.555. The van der Waals surface area contributed by atoms with Gasteiger partial charge in [0.15, 0.2) is 5.52 Å². The van der Waals surface area contributed by atoms with Crippen molar-refractivity contribution < 1.29 is 9.66 Å². The van der Waals surface area contributed by atoms with Crippen molar-refractivity contribution >= 4 is 16.7 Å². The van der Waals surface area contributed by atoms with Crippen LogP contribution in [0.1, 0.15) is 0 Å². The highest BCUT2D eigenvalue weighted by Gasteiger charge is 2.09. The first-order chi connectivity index (χ1) is 7.20. The fraction of sp³-hybridized carbons (Fsp3) is 0.100. The van der Waals surface area contributed by atoms with Crippen LogP contribution in [0.4, 0.5) is 5.82 Å². The maximum absolute atomic E-state index is 10.5. The second-order valence-corrected chi connectivity index (χ2v) is 2.99. The molecular formula is C10H8N2O3. The second-order valence-electron chi connectivity index (χ2n) is 2.99. The van der Waals surface area contributed by atoms with Gasteiger partial charge in [0.25, 0.3) is 0 Å². The standard InChI is InChI=1S/C10H8N2O3/c1-15-8-3-4-9-7(6-8)2-5-10(11-9)12(13)14/h2-6H,1H3. The molecule has 0 aliphatic heterocycles. The van der Waals surface area contributed by atoms with E-state index in [2.05, 4.69) is 4.98 Å². The molecule has 0 amide bonds. The summed E-state index contributed by atoms with van der Waals surface area (Å²) >= 11 is 0. The Morgan fingerprint density at radius 3 is 2.80 bits per heavy atom. The molecule has 0 N–H and O–H groups in total. The molecule has 1 aromatic heterocycles. The molecule has 0 aliphatic carbocycles. The van der Waals surface area contributed by atoms with Gasteiger partial charge in [0.2, 0.25) is 0 Å². The van der Waals surface area contributed by atoms with E-state index >= 15 is 0 Å². The molecule has 0 unspecified atom stereocenters. The number of hydrogen-bond acceptors (Lipinski definition) is 4. The Morgan fingerprint density at radius 1 is 1.33 bits per heavy atom. The number of rotatable bonds is 2. The first-order valence-electron chi connectivity index (χ1n) is 4.30. The zero-order valence-corrected chi connectivity index (χ0v) is 8.01. The lowest BCUT2D eigenvalue weighted by atomic mass is 10.2. The lowest BCUT2D eigenvalue weighted by molar-refractivity contribution is -0.389. The molecule has 0 bridgehead atoms. The number of aromatic nitrogens is 1. The molecule has 1 aromatic carbocycles. The summed E-state index contributed by atoms with van der Waals surface area (Å²) in [5, 5.41) is 11.3. The van der Waals surface area contributed by atoms with E-state index in [1.807, 2.05) is 0 Å². The third-order valence-corrected chi connectivity index (χ3v) is 2.07. The molecule has 0 aliphatic rings. The summed E-state index contributed by atoms with van der Waals surface area (Å²) in [4.78, 5) is 13.9. The monoisotopic (exact) mass is 204 g/mol. The smallest absolute Gasteiger partial charge is 0.364 e. The van der Waals surface area contributed by atoms with Crippen molar-refractivity contribution in [2.75, 3.05) is 7.11 Å². The van der Waals surface area contributed by atoms with Crippen molar-refractivity contribution in [2.45, 2.75) is 0 Å². The Bertz CT molecular complexity index is 525. The van der Waals surface area contributed by atoms with Crippen molar-refractivity contribution in [2.24, 2.45) is 0 Å². The molecule has 0 spiro atoms. The first kappa shape index (κ1) is 9.39. The van der Waals surface area contributed by atoms with Crippen LogP contribution in [-0.4, -0.2) is 17.0 Å². The van der Waals surface area contributed by atoms with E-state index in [4.69, 9.17) is 4.74 Å². The van der Waals surface area contributed by atoms with E-state index in [1.54, 1.807) is 31.4 Å².